The molecule has 2 heterocycles. The summed E-state index contributed by atoms with van der Waals surface area (Å²) in [4.78, 5) is 13.0. The minimum Gasteiger partial charge on any atom is -0.370 e. The largest absolute Gasteiger partial charge is 0.370 e. The summed E-state index contributed by atoms with van der Waals surface area (Å²) in [5, 5.41) is 3.14. The van der Waals surface area contributed by atoms with Gasteiger partial charge in [-0.05, 0) is 33.8 Å². The Bertz CT molecular complexity index is 636. The summed E-state index contributed by atoms with van der Waals surface area (Å²) in [5.74, 6) is 2.15. The first kappa shape index (κ1) is 15.0. The van der Waals surface area contributed by atoms with Gasteiger partial charge in [0.1, 0.15) is 11.6 Å². The molecule has 0 bridgehead atoms. The van der Waals surface area contributed by atoms with Gasteiger partial charge in [-0.3, -0.25) is 4.57 Å². The second-order valence-electron chi connectivity index (χ2n) is 5.91. The standard InChI is InChI=1S/C15H22N6/c1-11-17-8-9-21(11)13-12(6-5-7-18-13)10-19-14(16)20-15(2,3)4/h5-9H,10H2,1-4H3,(H3,16,19,20). The van der Waals surface area contributed by atoms with Gasteiger partial charge in [-0.25, -0.2) is 15.0 Å². The molecule has 0 spiro atoms. The van der Waals surface area contributed by atoms with Crippen molar-refractivity contribution in [1.29, 1.82) is 0 Å². The fraction of sp³-hybridized carbons (Fsp3) is 0.400. The Morgan fingerprint density at radius 2 is 2.10 bits per heavy atom. The van der Waals surface area contributed by atoms with Gasteiger partial charge in [-0.1, -0.05) is 6.07 Å². The van der Waals surface area contributed by atoms with E-state index < -0.39 is 0 Å². The SMILES string of the molecule is Cc1nccn1-c1ncccc1CN=C(N)NC(C)(C)C. The minimum absolute atomic E-state index is 0.105. The summed E-state index contributed by atoms with van der Waals surface area (Å²) < 4.78 is 1.94. The van der Waals surface area contributed by atoms with Gasteiger partial charge < -0.3 is 11.1 Å². The van der Waals surface area contributed by atoms with Crippen LogP contribution in [-0.2, 0) is 6.54 Å². The Balaban J connectivity index is 2.22. The van der Waals surface area contributed by atoms with Crippen molar-refractivity contribution < 1.29 is 0 Å². The van der Waals surface area contributed by atoms with Crippen molar-refractivity contribution in [3.05, 3.63) is 42.1 Å². The number of pyridine rings is 1. The number of aromatic nitrogens is 3. The van der Waals surface area contributed by atoms with E-state index in [1.807, 2.05) is 50.6 Å². The highest BCUT2D eigenvalue weighted by atomic mass is 15.1. The number of nitrogens with zero attached hydrogens (tertiary/aromatic N) is 4. The van der Waals surface area contributed by atoms with Crippen LogP contribution in [0.1, 0.15) is 32.2 Å². The third-order valence-electron chi connectivity index (χ3n) is 2.84. The normalized spacial score (nSPS) is 12.5. The van der Waals surface area contributed by atoms with Crippen LogP contribution >= 0.6 is 0 Å². The highest BCUT2D eigenvalue weighted by molar-refractivity contribution is 5.78. The average Bonchev–Trinajstić information content (AvgIpc) is 2.81. The predicted molar refractivity (Wildman–Crippen MR) is 84.3 cm³/mol. The summed E-state index contributed by atoms with van der Waals surface area (Å²) in [7, 11) is 0. The van der Waals surface area contributed by atoms with Gasteiger partial charge in [-0.15, -0.1) is 0 Å². The first-order valence-corrected chi connectivity index (χ1v) is 6.89. The molecule has 0 radical (unpaired) electrons. The molecule has 0 unspecified atom stereocenters. The number of hydrogen-bond donors (Lipinski definition) is 2. The molecule has 2 rings (SSSR count). The molecule has 0 amide bonds. The minimum atomic E-state index is -0.105. The van der Waals surface area contributed by atoms with E-state index in [1.54, 1.807) is 12.4 Å². The second kappa shape index (κ2) is 5.95. The first-order valence-electron chi connectivity index (χ1n) is 6.89. The summed E-state index contributed by atoms with van der Waals surface area (Å²) in [6, 6.07) is 3.89. The van der Waals surface area contributed by atoms with Crippen molar-refractivity contribution in [3.8, 4) is 5.82 Å². The molecule has 0 aliphatic carbocycles. The lowest BCUT2D eigenvalue weighted by atomic mass is 10.1. The number of guanidine groups is 1. The molecule has 0 saturated heterocycles. The molecule has 0 saturated carbocycles. The maximum Gasteiger partial charge on any atom is 0.189 e. The van der Waals surface area contributed by atoms with Crippen LogP contribution in [0.2, 0.25) is 0 Å². The Labute approximate surface area is 125 Å². The van der Waals surface area contributed by atoms with Crippen molar-refractivity contribution in [2.45, 2.75) is 39.8 Å². The van der Waals surface area contributed by atoms with Crippen LogP contribution in [-0.4, -0.2) is 26.0 Å². The van der Waals surface area contributed by atoms with Gasteiger partial charge in [0.25, 0.3) is 0 Å². The zero-order valence-electron chi connectivity index (χ0n) is 13.0. The topological polar surface area (TPSA) is 81.1 Å². The van der Waals surface area contributed by atoms with Crippen molar-refractivity contribution in [2.75, 3.05) is 0 Å². The molecule has 21 heavy (non-hydrogen) atoms. The Morgan fingerprint density at radius 1 is 1.33 bits per heavy atom. The zero-order valence-corrected chi connectivity index (χ0v) is 13.0. The van der Waals surface area contributed by atoms with Gasteiger partial charge in [0.15, 0.2) is 5.96 Å². The van der Waals surface area contributed by atoms with E-state index in [9.17, 15) is 0 Å². The molecule has 6 nitrogen and oxygen atoms in total. The van der Waals surface area contributed by atoms with Crippen LogP contribution in [0.4, 0.5) is 0 Å². The lowest BCUT2D eigenvalue weighted by Crippen LogP contribution is -2.45. The van der Waals surface area contributed by atoms with Crippen LogP contribution < -0.4 is 11.1 Å². The van der Waals surface area contributed by atoms with Gasteiger partial charge >= 0.3 is 0 Å². The molecule has 0 fully saturated rings. The monoisotopic (exact) mass is 286 g/mol. The quantitative estimate of drug-likeness (QED) is 0.665. The lowest BCUT2D eigenvalue weighted by molar-refractivity contribution is 0.508. The zero-order chi connectivity index (χ0) is 15.5. The van der Waals surface area contributed by atoms with Crippen LogP contribution in [0.3, 0.4) is 0 Å². The first-order chi connectivity index (χ1) is 9.87. The number of aryl methyl sites for hydroxylation is 1. The molecule has 3 N–H and O–H groups in total. The molecule has 0 aliphatic heterocycles. The smallest absolute Gasteiger partial charge is 0.189 e. The summed E-state index contributed by atoms with van der Waals surface area (Å²) in [6.07, 6.45) is 5.41. The fourth-order valence-electron chi connectivity index (χ4n) is 1.97. The number of nitrogens with one attached hydrogen (secondary N) is 1. The molecule has 112 valence electrons. The van der Waals surface area contributed by atoms with E-state index in [4.69, 9.17) is 5.73 Å². The van der Waals surface area contributed by atoms with E-state index in [-0.39, 0.29) is 5.54 Å². The Hall–Kier alpha value is -2.37. The van der Waals surface area contributed by atoms with E-state index in [0.717, 1.165) is 17.2 Å². The van der Waals surface area contributed by atoms with E-state index >= 15 is 0 Å². The second-order valence-corrected chi connectivity index (χ2v) is 5.91. The van der Waals surface area contributed by atoms with Crippen molar-refractivity contribution in [3.63, 3.8) is 0 Å². The molecule has 0 aliphatic rings. The van der Waals surface area contributed by atoms with Gasteiger partial charge in [0, 0.05) is 29.7 Å². The third-order valence-corrected chi connectivity index (χ3v) is 2.84. The molecule has 2 aromatic rings. The highest BCUT2D eigenvalue weighted by Gasteiger charge is 2.11. The molecule has 0 aromatic carbocycles. The van der Waals surface area contributed by atoms with E-state index in [0.29, 0.717) is 12.5 Å². The molecule has 0 atom stereocenters. The highest BCUT2D eigenvalue weighted by Crippen LogP contribution is 2.14. The van der Waals surface area contributed by atoms with Crippen molar-refractivity contribution >= 4 is 5.96 Å². The van der Waals surface area contributed by atoms with E-state index in [1.165, 1.54) is 0 Å². The van der Waals surface area contributed by atoms with Gasteiger partial charge in [0.2, 0.25) is 0 Å². The van der Waals surface area contributed by atoms with Crippen LogP contribution in [0.25, 0.3) is 5.82 Å². The number of nitrogens with two attached hydrogens (primary N) is 1. The maximum absolute atomic E-state index is 5.91. The molecular weight excluding hydrogens is 264 g/mol. The number of hydrogen-bond acceptors (Lipinski definition) is 3. The van der Waals surface area contributed by atoms with Crippen LogP contribution in [0, 0.1) is 6.92 Å². The number of rotatable bonds is 3. The third kappa shape index (κ3) is 4.05. The maximum atomic E-state index is 5.91. The van der Waals surface area contributed by atoms with Crippen LogP contribution in [0.15, 0.2) is 35.7 Å². The predicted octanol–water partition coefficient (Wildman–Crippen LogP) is 1.78. The molecule has 6 heteroatoms. The average molecular weight is 286 g/mol. The van der Waals surface area contributed by atoms with Gasteiger partial charge in [0.05, 0.1) is 6.54 Å². The summed E-state index contributed by atoms with van der Waals surface area (Å²) in [5.41, 5.74) is 6.80. The van der Waals surface area contributed by atoms with Crippen LogP contribution in [0.5, 0.6) is 0 Å². The van der Waals surface area contributed by atoms with Gasteiger partial charge in [-0.2, -0.15) is 0 Å². The summed E-state index contributed by atoms with van der Waals surface area (Å²) in [6.45, 7) is 8.53. The van der Waals surface area contributed by atoms with E-state index in [2.05, 4.69) is 20.3 Å². The summed E-state index contributed by atoms with van der Waals surface area (Å²) >= 11 is 0. The molecule has 2 aromatic heterocycles. The molecular formula is C15H22N6. The fourth-order valence-corrected chi connectivity index (χ4v) is 1.97. The number of imidazole rings is 1. The van der Waals surface area contributed by atoms with Crippen molar-refractivity contribution in [2.24, 2.45) is 10.7 Å². The van der Waals surface area contributed by atoms with Crippen molar-refractivity contribution in [1.82, 2.24) is 19.9 Å². The number of aliphatic imine (C=N–C) groups is 1. The lowest BCUT2D eigenvalue weighted by Gasteiger charge is -2.21. The Kier molecular flexibility index (Phi) is 4.26. The Morgan fingerprint density at radius 3 is 2.71 bits per heavy atom.